The van der Waals surface area contributed by atoms with Crippen molar-refractivity contribution in [3.63, 3.8) is 0 Å². The highest BCUT2D eigenvalue weighted by Gasteiger charge is 2.33. The van der Waals surface area contributed by atoms with Crippen LogP contribution in [0.4, 0.5) is 18.9 Å². The Morgan fingerprint density at radius 1 is 1.43 bits per heavy atom. The molecule has 0 bridgehead atoms. The molecule has 116 valence electrons. The molecule has 0 heterocycles. The molecule has 0 aliphatic carbocycles. The van der Waals surface area contributed by atoms with Gasteiger partial charge in [-0.25, -0.2) is 0 Å². The summed E-state index contributed by atoms with van der Waals surface area (Å²) >= 11 is 3.00. The lowest BCUT2D eigenvalue weighted by molar-refractivity contribution is -0.384. The molecule has 0 atom stereocenters. The lowest BCUT2D eigenvalue weighted by atomic mass is 10.1. The Labute approximate surface area is 127 Å². The number of hydrogen-bond donors (Lipinski definition) is 0. The standard InChI is InChI=1S/C12H12BrF3N2O3/c1-8-6-9(18(20)21)2-3-10(8)11(19)17(5-4-13)7-12(14,15)16/h2-3,6H,4-5,7H2,1H3. The first-order valence-corrected chi connectivity index (χ1v) is 6.95. The number of halogens is 4. The van der Waals surface area contributed by atoms with E-state index in [1.165, 1.54) is 13.0 Å². The summed E-state index contributed by atoms with van der Waals surface area (Å²) in [7, 11) is 0. The summed E-state index contributed by atoms with van der Waals surface area (Å²) in [5.41, 5.74) is 0.0636. The number of nitro groups is 1. The van der Waals surface area contributed by atoms with Crippen LogP contribution in [0.5, 0.6) is 0 Å². The summed E-state index contributed by atoms with van der Waals surface area (Å²) in [6.07, 6.45) is -4.51. The molecule has 0 spiro atoms. The molecule has 1 aromatic carbocycles. The van der Waals surface area contributed by atoms with E-state index < -0.39 is 23.6 Å². The maximum absolute atomic E-state index is 12.5. The Hall–Kier alpha value is -1.64. The zero-order valence-electron chi connectivity index (χ0n) is 11.0. The van der Waals surface area contributed by atoms with Gasteiger partial charge in [0, 0.05) is 29.6 Å². The summed E-state index contributed by atoms with van der Waals surface area (Å²) in [5, 5.41) is 10.8. The van der Waals surface area contributed by atoms with E-state index in [0.717, 1.165) is 12.1 Å². The molecular weight excluding hydrogens is 357 g/mol. The first-order valence-electron chi connectivity index (χ1n) is 5.82. The second-order valence-corrected chi connectivity index (χ2v) is 5.08. The molecule has 1 aromatic rings. The van der Waals surface area contributed by atoms with Crippen LogP contribution in [-0.4, -0.2) is 40.3 Å². The molecular formula is C12H12BrF3N2O3. The maximum atomic E-state index is 12.5. The first kappa shape index (κ1) is 17.4. The van der Waals surface area contributed by atoms with Gasteiger partial charge in [0.1, 0.15) is 6.54 Å². The average Bonchev–Trinajstić information content (AvgIpc) is 2.35. The van der Waals surface area contributed by atoms with Crippen molar-refractivity contribution in [2.45, 2.75) is 13.1 Å². The predicted molar refractivity (Wildman–Crippen MR) is 73.6 cm³/mol. The van der Waals surface area contributed by atoms with Gasteiger partial charge in [-0.1, -0.05) is 15.9 Å². The second-order valence-electron chi connectivity index (χ2n) is 4.29. The lowest BCUT2D eigenvalue weighted by Gasteiger charge is -2.23. The molecule has 0 N–H and O–H groups in total. The summed E-state index contributed by atoms with van der Waals surface area (Å²) in [4.78, 5) is 22.8. The molecule has 9 heteroatoms. The van der Waals surface area contributed by atoms with Crippen LogP contribution in [0.2, 0.25) is 0 Å². The van der Waals surface area contributed by atoms with E-state index in [1.54, 1.807) is 0 Å². The van der Waals surface area contributed by atoms with Crippen molar-refractivity contribution in [1.29, 1.82) is 0 Å². The van der Waals surface area contributed by atoms with Crippen molar-refractivity contribution in [2.24, 2.45) is 0 Å². The van der Waals surface area contributed by atoms with Crippen LogP contribution in [0.3, 0.4) is 0 Å². The summed E-state index contributed by atoms with van der Waals surface area (Å²) < 4.78 is 37.4. The van der Waals surface area contributed by atoms with E-state index >= 15 is 0 Å². The van der Waals surface area contributed by atoms with Crippen LogP contribution in [0.1, 0.15) is 15.9 Å². The zero-order chi connectivity index (χ0) is 16.2. The zero-order valence-corrected chi connectivity index (χ0v) is 12.6. The molecule has 0 radical (unpaired) electrons. The molecule has 1 rings (SSSR count). The number of benzene rings is 1. The largest absolute Gasteiger partial charge is 0.406 e. The van der Waals surface area contributed by atoms with E-state index in [9.17, 15) is 28.1 Å². The van der Waals surface area contributed by atoms with Crippen molar-refractivity contribution >= 4 is 27.5 Å². The molecule has 5 nitrogen and oxygen atoms in total. The van der Waals surface area contributed by atoms with Gasteiger partial charge in [-0.15, -0.1) is 0 Å². The topological polar surface area (TPSA) is 63.5 Å². The molecule has 0 fully saturated rings. The summed E-state index contributed by atoms with van der Waals surface area (Å²) in [6, 6.07) is 3.43. The first-order chi connectivity index (χ1) is 9.65. The van der Waals surface area contributed by atoms with Gasteiger partial charge < -0.3 is 4.90 Å². The predicted octanol–water partition coefficient (Wildman–Crippen LogP) is 3.30. The van der Waals surface area contributed by atoms with Gasteiger partial charge in [0.25, 0.3) is 11.6 Å². The molecule has 0 aromatic heterocycles. The number of hydrogen-bond acceptors (Lipinski definition) is 3. The maximum Gasteiger partial charge on any atom is 0.406 e. The Balaban J connectivity index is 3.06. The fourth-order valence-electron chi connectivity index (χ4n) is 1.74. The third-order valence-electron chi connectivity index (χ3n) is 2.66. The third kappa shape index (κ3) is 5.00. The monoisotopic (exact) mass is 368 g/mol. The van der Waals surface area contributed by atoms with Gasteiger partial charge in [-0.3, -0.25) is 14.9 Å². The Morgan fingerprint density at radius 3 is 2.48 bits per heavy atom. The molecule has 0 saturated heterocycles. The van der Waals surface area contributed by atoms with E-state index in [2.05, 4.69) is 15.9 Å². The van der Waals surface area contributed by atoms with Crippen LogP contribution in [0.25, 0.3) is 0 Å². The average molecular weight is 369 g/mol. The Bertz CT molecular complexity index is 549. The highest BCUT2D eigenvalue weighted by atomic mass is 79.9. The van der Waals surface area contributed by atoms with Crippen molar-refractivity contribution in [1.82, 2.24) is 4.90 Å². The highest BCUT2D eigenvalue weighted by molar-refractivity contribution is 9.09. The SMILES string of the molecule is Cc1cc([N+](=O)[O-])ccc1C(=O)N(CCBr)CC(F)(F)F. The fraction of sp³-hybridized carbons (Fsp3) is 0.417. The van der Waals surface area contributed by atoms with Gasteiger partial charge in [-0.2, -0.15) is 13.2 Å². The number of nitrogens with zero attached hydrogens (tertiary/aromatic N) is 2. The quantitative estimate of drug-likeness (QED) is 0.455. The second kappa shape index (κ2) is 6.88. The van der Waals surface area contributed by atoms with Crippen LogP contribution in [-0.2, 0) is 0 Å². The van der Waals surface area contributed by atoms with Gasteiger partial charge in [0.15, 0.2) is 0 Å². The minimum Gasteiger partial charge on any atom is -0.329 e. The summed E-state index contributed by atoms with van der Waals surface area (Å²) in [5.74, 6) is -0.806. The normalized spacial score (nSPS) is 11.3. The van der Waals surface area contributed by atoms with Crippen molar-refractivity contribution < 1.29 is 22.9 Å². The number of amides is 1. The van der Waals surface area contributed by atoms with Crippen molar-refractivity contribution in [2.75, 3.05) is 18.4 Å². The van der Waals surface area contributed by atoms with Crippen LogP contribution in [0.15, 0.2) is 18.2 Å². The highest BCUT2D eigenvalue weighted by Crippen LogP contribution is 2.22. The van der Waals surface area contributed by atoms with E-state index in [-0.39, 0.29) is 28.7 Å². The van der Waals surface area contributed by atoms with Crippen molar-refractivity contribution in [3.05, 3.63) is 39.4 Å². The number of rotatable bonds is 5. The number of carbonyl (C=O) groups excluding carboxylic acids is 1. The molecule has 0 unspecified atom stereocenters. The fourth-order valence-corrected chi connectivity index (χ4v) is 2.17. The number of non-ortho nitro benzene ring substituents is 1. The van der Waals surface area contributed by atoms with Crippen LogP contribution >= 0.6 is 15.9 Å². The van der Waals surface area contributed by atoms with Crippen LogP contribution < -0.4 is 0 Å². The molecule has 1 amide bonds. The molecule has 21 heavy (non-hydrogen) atoms. The number of aryl methyl sites for hydroxylation is 1. The molecule has 0 saturated carbocycles. The van der Waals surface area contributed by atoms with E-state index in [0.29, 0.717) is 4.90 Å². The number of carbonyl (C=O) groups is 1. The smallest absolute Gasteiger partial charge is 0.329 e. The third-order valence-corrected chi connectivity index (χ3v) is 3.02. The minimum absolute atomic E-state index is 0.0193. The van der Waals surface area contributed by atoms with E-state index in [4.69, 9.17) is 0 Å². The number of nitro benzene ring substituents is 1. The van der Waals surface area contributed by atoms with Gasteiger partial charge in [0.05, 0.1) is 4.92 Å². The molecule has 0 aliphatic heterocycles. The van der Waals surface area contributed by atoms with Gasteiger partial charge >= 0.3 is 6.18 Å². The van der Waals surface area contributed by atoms with Crippen LogP contribution in [0, 0.1) is 17.0 Å². The lowest BCUT2D eigenvalue weighted by Crippen LogP contribution is -2.40. The minimum atomic E-state index is -4.51. The van der Waals surface area contributed by atoms with E-state index in [1.807, 2.05) is 0 Å². The Morgan fingerprint density at radius 2 is 2.05 bits per heavy atom. The summed E-state index contributed by atoms with van der Waals surface area (Å²) in [6.45, 7) is -0.0389. The van der Waals surface area contributed by atoms with Crippen molar-refractivity contribution in [3.8, 4) is 0 Å². The van der Waals surface area contributed by atoms with Gasteiger partial charge in [-0.05, 0) is 18.6 Å². The van der Waals surface area contributed by atoms with Gasteiger partial charge in [0.2, 0.25) is 0 Å². The molecule has 0 aliphatic rings. The number of alkyl halides is 4. The Kier molecular flexibility index (Phi) is 5.70.